The molecule has 1 aromatic heterocycles. The number of ether oxygens (including phenoxy) is 1. The van der Waals surface area contributed by atoms with Crippen LogP contribution in [0.15, 0.2) is 45.5 Å². The van der Waals surface area contributed by atoms with Gasteiger partial charge in [0, 0.05) is 18.5 Å². The summed E-state index contributed by atoms with van der Waals surface area (Å²) in [5.41, 5.74) is 1.68. The van der Waals surface area contributed by atoms with E-state index >= 15 is 0 Å². The first-order chi connectivity index (χ1) is 9.69. The highest BCUT2D eigenvalue weighted by molar-refractivity contribution is 9.10. The summed E-state index contributed by atoms with van der Waals surface area (Å²) in [5.74, 6) is 0.662. The summed E-state index contributed by atoms with van der Waals surface area (Å²) in [6.07, 6.45) is 1.63. The molecule has 0 atom stereocenters. The van der Waals surface area contributed by atoms with Gasteiger partial charge in [-0.3, -0.25) is 4.79 Å². The van der Waals surface area contributed by atoms with Gasteiger partial charge in [0.25, 0.3) is 0 Å². The fourth-order valence-corrected chi connectivity index (χ4v) is 1.97. The zero-order valence-corrected chi connectivity index (χ0v) is 12.6. The van der Waals surface area contributed by atoms with Crippen LogP contribution >= 0.6 is 15.9 Å². The number of methoxy groups -OCH3 is 1. The smallest absolute Gasteiger partial charge is 0.250 e. The molecule has 0 saturated heterocycles. The van der Waals surface area contributed by atoms with Crippen LogP contribution in [0.25, 0.3) is 0 Å². The zero-order valence-electron chi connectivity index (χ0n) is 11.0. The van der Waals surface area contributed by atoms with Crippen molar-refractivity contribution in [1.29, 1.82) is 0 Å². The summed E-state index contributed by atoms with van der Waals surface area (Å²) >= 11 is 3.40. The van der Waals surface area contributed by atoms with Crippen LogP contribution in [0.3, 0.4) is 0 Å². The van der Waals surface area contributed by atoms with Crippen molar-refractivity contribution in [3.8, 4) is 0 Å². The highest BCUT2D eigenvalue weighted by Crippen LogP contribution is 2.20. The van der Waals surface area contributed by atoms with Crippen LogP contribution in [0.5, 0.6) is 0 Å². The van der Waals surface area contributed by atoms with Crippen molar-refractivity contribution in [3.63, 3.8) is 0 Å². The molecule has 0 bridgehead atoms. The number of halogens is 1. The summed E-state index contributed by atoms with van der Waals surface area (Å²) in [7, 11) is 1.49. The van der Waals surface area contributed by atoms with Gasteiger partial charge in [-0.05, 0) is 46.3 Å². The van der Waals surface area contributed by atoms with E-state index in [-0.39, 0.29) is 12.5 Å². The van der Waals surface area contributed by atoms with Crippen molar-refractivity contribution in [2.45, 2.75) is 6.54 Å². The molecule has 1 aromatic carbocycles. The molecule has 0 fully saturated rings. The first kappa shape index (κ1) is 14.6. The molecule has 20 heavy (non-hydrogen) atoms. The number of carbonyl (C=O) groups excluding carboxylic acids is 1. The van der Waals surface area contributed by atoms with E-state index < -0.39 is 0 Å². The Balaban J connectivity index is 1.88. The van der Waals surface area contributed by atoms with Gasteiger partial charge in [-0.15, -0.1) is 0 Å². The third-order valence-corrected chi connectivity index (χ3v) is 3.29. The lowest BCUT2D eigenvalue weighted by Gasteiger charge is -2.07. The van der Waals surface area contributed by atoms with E-state index in [4.69, 9.17) is 9.15 Å². The predicted molar refractivity (Wildman–Crippen MR) is 80.7 cm³/mol. The third kappa shape index (κ3) is 4.11. The Hall–Kier alpha value is -1.79. The van der Waals surface area contributed by atoms with Gasteiger partial charge in [0.15, 0.2) is 0 Å². The maximum absolute atomic E-state index is 11.3. The summed E-state index contributed by atoms with van der Waals surface area (Å²) in [5, 5.41) is 5.96. The fourth-order valence-electron chi connectivity index (χ4n) is 1.63. The molecule has 5 nitrogen and oxygen atoms in total. The molecule has 0 spiro atoms. The minimum atomic E-state index is -0.173. The first-order valence-electron chi connectivity index (χ1n) is 6.03. The van der Waals surface area contributed by atoms with Crippen molar-refractivity contribution in [2.75, 3.05) is 24.4 Å². The molecule has 0 aliphatic carbocycles. The molecule has 1 amide bonds. The lowest BCUT2D eigenvalue weighted by Crippen LogP contribution is -2.16. The molecular formula is C14H15BrN2O3. The number of hydrogen-bond donors (Lipinski definition) is 2. The molecule has 0 aliphatic heterocycles. The molecule has 1 heterocycles. The number of anilines is 2. The predicted octanol–water partition coefficient (Wildman–Crippen LogP) is 3.24. The van der Waals surface area contributed by atoms with Crippen LogP contribution in [-0.4, -0.2) is 19.6 Å². The Bertz CT molecular complexity index is 566. The van der Waals surface area contributed by atoms with E-state index in [9.17, 15) is 4.79 Å². The quantitative estimate of drug-likeness (QED) is 0.848. The van der Waals surface area contributed by atoms with E-state index in [1.807, 2.05) is 30.3 Å². The highest BCUT2D eigenvalue weighted by atomic mass is 79.9. The van der Waals surface area contributed by atoms with Gasteiger partial charge < -0.3 is 19.8 Å². The van der Waals surface area contributed by atoms with Gasteiger partial charge in [0.1, 0.15) is 12.4 Å². The van der Waals surface area contributed by atoms with E-state index in [0.29, 0.717) is 6.54 Å². The second-order valence-corrected chi connectivity index (χ2v) is 4.96. The van der Waals surface area contributed by atoms with Crippen molar-refractivity contribution in [1.82, 2.24) is 0 Å². The largest absolute Gasteiger partial charge is 0.466 e. The standard InChI is InChI=1S/C14H15BrN2O3/c1-19-9-14(18)17-11-4-2-10(3-5-11)16-8-13-12(15)6-7-20-13/h2-7,16H,8-9H2,1H3,(H,17,18). The molecule has 0 saturated carbocycles. The van der Waals surface area contributed by atoms with Gasteiger partial charge in [0.05, 0.1) is 17.3 Å². The van der Waals surface area contributed by atoms with Gasteiger partial charge >= 0.3 is 0 Å². The number of carbonyl (C=O) groups is 1. The van der Waals surface area contributed by atoms with Crippen LogP contribution in [0.4, 0.5) is 11.4 Å². The Morgan fingerprint density at radius 1 is 1.25 bits per heavy atom. The summed E-state index contributed by atoms with van der Waals surface area (Å²) in [6.45, 7) is 0.634. The summed E-state index contributed by atoms with van der Waals surface area (Å²) < 4.78 is 11.0. The SMILES string of the molecule is COCC(=O)Nc1ccc(NCc2occc2Br)cc1. The second kappa shape index (κ2) is 7.12. The van der Waals surface area contributed by atoms with Crippen molar-refractivity contribution >= 4 is 33.2 Å². The Labute approximate surface area is 125 Å². The summed E-state index contributed by atoms with van der Waals surface area (Å²) in [6, 6.07) is 9.28. The van der Waals surface area contributed by atoms with E-state index in [1.54, 1.807) is 6.26 Å². The Morgan fingerprint density at radius 3 is 2.55 bits per heavy atom. The van der Waals surface area contributed by atoms with Gasteiger partial charge in [0.2, 0.25) is 5.91 Å². The van der Waals surface area contributed by atoms with Crippen LogP contribution in [0, 0.1) is 0 Å². The molecule has 2 rings (SSSR count). The Kier molecular flexibility index (Phi) is 5.20. The Morgan fingerprint density at radius 2 is 1.95 bits per heavy atom. The average Bonchev–Trinajstić information content (AvgIpc) is 2.84. The lowest BCUT2D eigenvalue weighted by atomic mass is 10.2. The van der Waals surface area contributed by atoms with Gasteiger partial charge in [-0.1, -0.05) is 0 Å². The number of nitrogens with one attached hydrogen (secondary N) is 2. The molecule has 0 unspecified atom stereocenters. The lowest BCUT2D eigenvalue weighted by molar-refractivity contribution is -0.119. The zero-order chi connectivity index (χ0) is 14.4. The normalized spacial score (nSPS) is 10.3. The van der Waals surface area contributed by atoms with E-state index in [2.05, 4.69) is 26.6 Å². The van der Waals surface area contributed by atoms with E-state index in [0.717, 1.165) is 21.6 Å². The van der Waals surface area contributed by atoms with Crippen LogP contribution in [0.1, 0.15) is 5.76 Å². The van der Waals surface area contributed by atoms with Crippen LogP contribution in [0.2, 0.25) is 0 Å². The minimum absolute atomic E-state index is 0.0481. The maximum atomic E-state index is 11.3. The van der Waals surface area contributed by atoms with Gasteiger partial charge in [-0.2, -0.15) is 0 Å². The molecule has 2 N–H and O–H groups in total. The number of amides is 1. The first-order valence-corrected chi connectivity index (χ1v) is 6.83. The fraction of sp³-hybridized carbons (Fsp3) is 0.214. The van der Waals surface area contributed by atoms with E-state index in [1.165, 1.54) is 7.11 Å². The topological polar surface area (TPSA) is 63.5 Å². The number of furan rings is 1. The second-order valence-electron chi connectivity index (χ2n) is 4.10. The minimum Gasteiger partial charge on any atom is -0.466 e. The average molecular weight is 339 g/mol. The molecule has 106 valence electrons. The monoisotopic (exact) mass is 338 g/mol. The molecular weight excluding hydrogens is 324 g/mol. The van der Waals surface area contributed by atoms with Crippen LogP contribution in [-0.2, 0) is 16.1 Å². The number of benzene rings is 1. The number of rotatable bonds is 6. The molecule has 0 aliphatic rings. The summed E-state index contributed by atoms with van der Waals surface area (Å²) in [4.78, 5) is 11.3. The van der Waals surface area contributed by atoms with Gasteiger partial charge in [-0.25, -0.2) is 0 Å². The van der Waals surface area contributed by atoms with Crippen molar-refractivity contribution in [3.05, 3.63) is 46.8 Å². The third-order valence-electron chi connectivity index (χ3n) is 2.59. The number of hydrogen-bond acceptors (Lipinski definition) is 4. The van der Waals surface area contributed by atoms with Crippen molar-refractivity contribution in [2.24, 2.45) is 0 Å². The van der Waals surface area contributed by atoms with Crippen LogP contribution < -0.4 is 10.6 Å². The maximum Gasteiger partial charge on any atom is 0.250 e. The highest BCUT2D eigenvalue weighted by Gasteiger charge is 2.04. The van der Waals surface area contributed by atoms with Crippen molar-refractivity contribution < 1.29 is 13.9 Å². The molecule has 6 heteroatoms. The molecule has 2 aromatic rings. The molecule has 0 radical (unpaired) electrons.